The Balaban J connectivity index is 2.65. The van der Waals surface area contributed by atoms with E-state index in [1.54, 1.807) is 13.8 Å². The first-order chi connectivity index (χ1) is 7.50. The molecule has 0 aromatic carbocycles. The van der Waals surface area contributed by atoms with Crippen molar-refractivity contribution >= 4 is 19.5 Å². The Hall–Kier alpha value is -0.910. The number of hydrogen-bond acceptors (Lipinski definition) is 5. The third-order valence-electron chi connectivity index (χ3n) is 1.86. The predicted molar refractivity (Wildman–Crippen MR) is 56.0 cm³/mol. The van der Waals surface area contributed by atoms with Gasteiger partial charge in [0.05, 0.1) is 13.2 Å². The van der Waals surface area contributed by atoms with E-state index >= 15 is 0 Å². The fourth-order valence-corrected chi connectivity index (χ4v) is 2.99. The van der Waals surface area contributed by atoms with Gasteiger partial charge in [0, 0.05) is 0 Å². The van der Waals surface area contributed by atoms with Gasteiger partial charge in [0.1, 0.15) is 12.8 Å². The molecular formula is C8H15N2O5P. The smallest absolute Gasteiger partial charge is 0.308 e. The van der Waals surface area contributed by atoms with Gasteiger partial charge >= 0.3 is 13.6 Å². The minimum Gasteiger partial charge on any atom is -0.308 e. The molecule has 1 fully saturated rings. The molecule has 1 rings (SSSR count). The minimum absolute atomic E-state index is 0.108. The van der Waals surface area contributed by atoms with Gasteiger partial charge in [-0.05, 0) is 13.8 Å². The summed E-state index contributed by atoms with van der Waals surface area (Å²) in [6, 6.07) is -0.565. The van der Waals surface area contributed by atoms with E-state index in [1.165, 1.54) is 0 Å². The topological polar surface area (TPSA) is 84.9 Å². The van der Waals surface area contributed by atoms with Crippen LogP contribution >= 0.6 is 7.60 Å². The summed E-state index contributed by atoms with van der Waals surface area (Å²) < 4.78 is 22.1. The van der Waals surface area contributed by atoms with E-state index in [9.17, 15) is 14.2 Å². The summed E-state index contributed by atoms with van der Waals surface area (Å²) in [5, 5.41) is 2.09. The number of urea groups is 1. The Labute approximate surface area is 93.6 Å². The Kier molecular flexibility index (Phi) is 4.46. The first-order valence-electron chi connectivity index (χ1n) is 4.97. The summed E-state index contributed by atoms with van der Waals surface area (Å²) in [4.78, 5) is 23.3. The number of imide groups is 1. The number of nitrogens with zero attached hydrogens (tertiary/aromatic N) is 1. The fourth-order valence-electron chi connectivity index (χ4n) is 1.32. The lowest BCUT2D eigenvalue weighted by Gasteiger charge is -2.21. The summed E-state index contributed by atoms with van der Waals surface area (Å²) in [6.45, 7) is 3.70. The zero-order chi connectivity index (χ0) is 12.2. The molecule has 0 aromatic heterocycles. The number of carbonyl (C=O) groups excluding carboxylic acids is 2. The van der Waals surface area contributed by atoms with E-state index in [0.717, 1.165) is 4.90 Å². The van der Waals surface area contributed by atoms with Gasteiger partial charge in [-0.15, -0.1) is 0 Å². The van der Waals surface area contributed by atoms with Crippen molar-refractivity contribution < 1.29 is 23.2 Å². The predicted octanol–water partition coefficient (Wildman–Crippen LogP) is 0.762. The van der Waals surface area contributed by atoms with Crippen molar-refractivity contribution in [2.45, 2.75) is 13.8 Å². The van der Waals surface area contributed by atoms with Crippen LogP contribution in [0.2, 0.25) is 0 Å². The molecule has 0 aromatic rings. The molecule has 16 heavy (non-hydrogen) atoms. The SMILES string of the molecule is CCOP(=O)(CN1CC(=O)NC1=O)OCC. The quantitative estimate of drug-likeness (QED) is 0.555. The van der Waals surface area contributed by atoms with Crippen LogP contribution in [-0.2, 0) is 18.4 Å². The number of nitrogens with one attached hydrogen (secondary N) is 1. The van der Waals surface area contributed by atoms with Crippen LogP contribution in [0.1, 0.15) is 13.8 Å². The van der Waals surface area contributed by atoms with Gasteiger partial charge in [0.2, 0.25) is 5.91 Å². The highest BCUT2D eigenvalue weighted by atomic mass is 31.2. The van der Waals surface area contributed by atoms with Crippen LogP contribution in [0.3, 0.4) is 0 Å². The maximum Gasteiger partial charge on any atom is 0.349 e. The molecule has 1 N–H and O–H groups in total. The van der Waals surface area contributed by atoms with Crippen molar-refractivity contribution in [1.82, 2.24) is 10.2 Å². The summed E-state index contributed by atoms with van der Waals surface area (Å²) in [6.07, 6.45) is -0.202. The molecular weight excluding hydrogens is 235 g/mol. The minimum atomic E-state index is -3.32. The van der Waals surface area contributed by atoms with Crippen LogP contribution in [-0.4, -0.2) is 42.9 Å². The van der Waals surface area contributed by atoms with Crippen molar-refractivity contribution in [2.75, 3.05) is 26.0 Å². The summed E-state index contributed by atoms with van der Waals surface area (Å²) in [7, 11) is -3.32. The molecule has 0 aliphatic carbocycles. The molecule has 3 amide bonds. The average Bonchev–Trinajstić information content (AvgIpc) is 2.45. The molecule has 1 aliphatic heterocycles. The van der Waals surface area contributed by atoms with Crippen LogP contribution < -0.4 is 5.32 Å². The third kappa shape index (κ3) is 3.30. The van der Waals surface area contributed by atoms with Crippen molar-refractivity contribution in [2.24, 2.45) is 0 Å². The van der Waals surface area contributed by atoms with Gasteiger partial charge in [-0.25, -0.2) is 4.79 Å². The lowest BCUT2D eigenvalue weighted by atomic mass is 10.6. The fraction of sp³-hybridized carbons (Fsp3) is 0.750. The number of rotatable bonds is 6. The van der Waals surface area contributed by atoms with Gasteiger partial charge in [-0.3, -0.25) is 14.7 Å². The maximum atomic E-state index is 12.0. The zero-order valence-corrected chi connectivity index (χ0v) is 10.2. The molecule has 0 atom stereocenters. The molecule has 0 saturated carbocycles. The first-order valence-corrected chi connectivity index (χ1v) is 6.70. The van der Waals surface area contributed by atoms with E-state index in [0.29, 0.717) is 0 Å². The van der Waals surface area contributed by atoms with Crippen molar-refractivity contribution in [3.05, 3.63) is 0 Å². The van der Waals surface area contributed by atoms with Gasteiger partial charge in [-0.1, -0.05) is 0 Å². The monoisotopic (exact) mass is 250 g/mol. The van der Waals surface area contributed by atoms with Crippen molar-refractivity contribution in [3.8, 4) is 0 Å². The Morgan fingerprint density at radius 3 is 2.25 bits per heavy atom. The van der Waals surface area contributed by atoms with E-state index in [2.05, 4.69) is 5.32 Å². The summed E-state index contributed by atoms with van der Waals surface area (Å²) in [5.41, 5.74) is 0. The first kappa shape index (κ1) is 13.2. The average molecular weight is 250 g/mol. The molecule has 0 radical (unpaired) electrons. The molecule has 92 valence electrons. The van der Waals surface area contributed by atoms with E-state index in [4.69, 9.17) is 9.05 Å². The highest BCUT2D eigenvalue weighted by Gasteiger charge is 2.35. The molecule has 0 spiro atoms. The highest BCUT2D eigenvalue weighted by molar-refractivity contribution is 7.53. The number of amides is 3. The van der Waals surface area contributed by atoms with E-state index in [-0.39, 0.29) is 26.0 Å². The lowest BCUT2D eigenvalue weighted by Crippen LogP contribution is -2.29. The molecule has 7 nitrogen and oxygen atoms in total. The van der Waals surface area contributed by atoms with Gasteiger partial charge in [0.15, 0.2) is 0 Å². The van der Waals surface area contributed by atoms with E-state index in [1.807, 2.05) is 0 Å². The Morgan fingerprint density at radius 2 is 1.88 bits per heavy atom. The second-order valence-corrected chi connectivity index (χ2v) is 5.16. The van der Waals surface area contributed by atoms with Gasteiger partial charge in [0.25, 0.3) is 0 Å². The van der Waals surface area contributed by atoms with Crippen LogP contribution in [0.5, 0.6) is 0 Å². The summed E-state index contributed by atoms with van der Waals surface area (Å²) in [5.74, 6) is -0.412. The number of hydrogen-bond donors (Lipinski definition) is 1. The Bertz CT molecular complexity index is 322. The molecule has 0 bridgehead atoms. The maximum absolute atomic E-state index is 12.0. The molecule has 1 aliphatic rings. The lowest BCUT2D eigenvalue weighted by molar-refractivity contribution is -0.118. The second kappa shape index (κ2) is 5.43. The standard InChI is InChI=1S/C8H15N2O5P/c1-3-14-16(13,15-4-2)6-10-5-7(11)9-8(10)12/h3-6H2,1-2H3,(H,9,11,12). The molecule has 1 saturated heterocycles. The number of carbonyl (C=O) groups is 2. The molecule has 8 heteroatoms. The van der Waals surface area contributed by atoms with Crippen LogP contribution in [0.4, 0.5) is 4.79 Å². The van der Waals surface area contributed by atoms with Crippen LogP contribution in [0, 0.1) is 0 Å². The largest absolute Gasteiger partial charge is 0.349 e. The Morgan fingerprint density at radius 1 is 1.31 bits per heavy atom. The van der Waals surface area contributed by atoms with Gasteiger partial charge in [-0.2, -0.15) is 0 Å². The van der Waals surface area contributed by atoms with Gasteiger partial charge < -0.3 is 13.9 Å². The van der Waals surface area contributed by atoms with Crippen LogP contribution in [0.25, 0.3) is 0 Å². The molecule has 1 heterocycles. The van der Waals surface area contributed by atoms with Crippen molar-refractivity contribution in [1.29, 1.82) is 0 Å². The zero-order valence-electron chi connectivity index (χ0n) is 9.26. The van der Waals surface area contributed by atoms with E-state index < -0.39 is 19.5 Å². The summed E-state index contributed by atoms with van der Waals surface area (Å²) >= 11 is 0. The second-order valence-electron chi connectivity index (χ2n) is 3.14. The van der Waals surface area contributed by atoms with Crippen LogP contribution in [0.15, 0.2) is 0 Å². The highest BCUT2D eigenvalue weighted by Crippen LogP contribution is 2.48. The third-order valence-corrected chi connectivity index (χ3v) is 3.85. The van der Waals surface area contributed by atoms with Crippen molar-refractivity contribution in [3.63, 3.8) is 0 Å². The normalized spacial score (nSPS) is 16.8. The molecule has 0 unspecified atom stereocenters.